The zero-order valence-electron chi connectivity index (χ0n) is 11.1. The first-order valence-corrected chi connectivity index (χ1v) is 6.19. The van der Waals surface area contributed by atoms with Gasteiger partial charge in [-0.1, -0.05) is 13.8 Å². The number of nitrogens with zero attached hydrogens (tertiary/aromatic N) is 2. The van der Waals surface area contributed by atoms with Crippen LogP contribution in [0.15, 0.2) is 6.07 Å². The molecule has 1 aliphatic carbocycles. The molecule has 1 N–H and O–H groups in total. The summed E-state index contributed by atoms with van der Waals surface area (Å²) in [5, 5.41) is 3.34. The van der Waals surface area contributed by atoms with Gasteiger partial charge >= 0.3 is 0 Å². The van der Waals surface area contributed by atoms with E-state index in [1.54, 1.807) is 7.11 Å². The minimum Gasteiger partial charge on any atom is -0.481 e. The van der Waals surface area contributed by atoms with Crippen molar-refractivity contribution in [1.29, 1.82) is 0 Å². The Bertz CT molecular complexity index is 400. The molecule has 1 aliphatic rings. The lowest BCUT2D eigenvalue weighted by Gasteiger charge is -2.20. The van der Waals surface area contributed by atoms with Gasteiger partial charge in [0.25, 0.3) is 0 Å². The molecule has 2 rings (SSSR count). The Balaban J connectivity index is 2.02. The lowest BCUT2D eigenvalue weighted by molar-refractivity contribution is 0.377. The zero-order chi connectivity index (χ0) is 12.5. The third kappa shape index (κ3) is 2.68. The molecule has 0 spiro atoms. The summed E-state index contributed by atoms with van der Waals surface area (Å²) in [7, 11) is 1.63. The van der Waals surface area contributed by atoms with Gasteiger partial charge in [0.2, 0.25) is 11.8 Å². The van der Waals surface area contributed by atoms with Gasteiger partial charge < -0.3 is 10.1 Å². The number of anilines is 1. The Labute approximate surface area is 103 Å². The maximum Gasteiger partial charge on any atom is 0.226 e. The number of ether oxygens (including phenoxy) is 1. The van der Waals surface area contributed by atoms with E-state index >= 15 is 0 Å². The number of hydrogen-bond acceptors (Lipinski definition) is 4. The van der Waals surface area contributed by atoms with Crippen molar-refractivity contribution in [2.24, 2.45) is 11.3 Å². The third-order valence-corrected chi connectivity index (χ3v) is 3.76. The van der Waals surface area contributed by atoms with E-state index in [1.165, 1.54) is 12.8 Å². The van der Waals surface area contributed by atoms with Crippen LogP contribution in [0.25, 0.3) is 0 Å². The molecule has 94 valence electrons. The molecule has 0 aromatic carbocycles. The summed E-state index contributed by atoms with van der Waals surface area (Å²) >= 11 is 0. The van der Waals surface area contributed by atoms with Crippen molar-refractivity contribution in [3.8, 4) is 5.88 Å². The maximum atomic E-state index is 5.14. The molecule has 0 radical (unpaired) electrons. The fourth-order valence-electron chi connectivity index (χ4n) is 2.10. The van der Waals surface area contributed by atoms with Gasteiger partial charge in [-0.15, -0.1) is 0 Å². The van der Waals surface area contributed by atoms with Crippen molar-refractivity contribution in [3.05, 3.63) is 11.8 Å². The van der Waals surface area contributed by atoms with Gasteiger partial charge in [0.1, 0.15) is 0 Å². The Morgan fingerprint density at radius 2 is 2.12 bits per heavy atom. The summed E-state index contributed by atoms with van der Waals surface area (Å²) in [6, 6.07) is 1.83. The Morgan fingerprint density at radius 1 is 1.41 bits per heavy atom. The number of methoxy groups -OCH3 is 1. The van der Waals surface area contributed by atoms with Crippen LogP contribution in [0.2, 0.25) is 0 Å². The third-order valence-electron chi connectivity index (χ3n) is 3.76. The average Bonchev–Trinajstić information content (AvgIpc) is 3.06. The van der Waals surface area contributed by atoms with Crippen LogP contribution in [0.3, 0.4) is 0 Å². The van der Waals surface area contributed by atoms with Crippen molar-refractivity contribution in [3.63, 3.8) is 0 Å². The first-order valence-electron chi connectivity index (χ1n) is 6.19. The van der Waals surface area contributed by atoms with Crippen LogP contribution in [0.5, 0.6) is 5.88 Å². The lowest BCUT2D eigenvalue weighted by atomic mass is 9.92. The fraction of sp³-hybridized carbons (Fsp3) is 0.692. The highest BCUT2D eigenvalue weighted by Crippen LogP contribution is 2.51. The second-order valence-electron chi connectivity index (χ2n) is 5.25. The predicted octanol–water partition coefficient (Wildman–Crippen LogP) is 2.64. The molecule has 0 saturated heterocycles. The SMILES string of the molecule is COc1cc(C)nc(NCC2(C(C)C)CC2)n1. The zero-order valence-corrected chi connectivity index (χ0v) is 11.1. The van der Waals surface area contributed by atoms with E-state index in [9.17, 15) is 0 Å². The molecule has 1 aromatic rings. The van der Waals surface area contributed by atoms with Crippen LogP contribution in [0.1, 0.15) is 32.4 Å². The fourth-order valence-corrected chi connectivity index (χ4v) is 2.10. The predicted molar refractivity (Wildman–Crippen MR) is 68.3 cm³/mol. The van der Waals surface area contributed by atoms with Crippen molar-refractivity contribution >= 4 is 5.95 Å². The van der Waals surface area contributed by atoms with Gasteiger partial charge in [-0.25, -0.2) is 4.98 Å². The smallest absolute Gasteiger partial charge is 0.226 e. The molecule has 0 unspecified atom stereocenters. The average molecular weight is 235 g/mol. The second kappa shape index (κ2) is 4.51. The van der Waals surface area contributed by atoms with E-state index in [0.717, 1.165) is 12.2 Å². The Kier molecular flexibility index (Phi) is 3.22. The Morgan fingerprint density at radius 3 is 2.65 bits per heavy atom. The van der Waals surface area contributed by atoms with Crippen molar-refractivity contribution in [1.82, 2.24) is 9.97 Å². The van der Waals surface area contributed by atoms with Crippen LogP contribution < -0.4 is 10.1 Å². The van der Waals surface area contributed by atoms with Gasteiger partial charge in [-0.3, -0.25) is 0 Å². The molecule has 1 fully saturated rings. The largest absolute Gasteiger partial charge is 0.481 e. The molecule has 0 aliphatic heterocycles. The molecule has 1 saturated carbocycles. The number of hydrogen-bond donors (Lipinski definition) is 1. The molecule has 1 aromatic heterocycles. The maximum absolute atomic E-state index is 5.14. The quantitative estimate of drug-likeness (QED) is 0.852. The first kappa shape index (κ1) is 12.1. The van der Waals surface area contributed by atoms with Crippen molar-refractivity contribution < 1.29 is 4.74 Å². The Hall–Kier alpha value is -1.32. The van der Waals surface area contributed by atoms with Crippen LogP contribution in [-0.2, 0) is 0 Å². The number of aromatic nitrogens is 2. The van der Waals surface area contributed by atoms with Gasteiger partial charge in [0.15, 0.2) is 0 Å². The summed E-state index contributed by atoms with van der Waals surface area (Å²) in [5.74, 6) is 2.00. The van der Waals surface area contributed by atoms with Gasteiger partial charge in [0, 0.05) is 18.3 Å². The van der Waals surface area contributed by atoms with Crippen LogP contribution >= 0.6 is 0 Å². The molecule has 1 heterocycles. The summed E-state index contributed by atoms with van der Waals surface area (Å²) in [6.07, 6.45) is 2.61. The van der Waals surface area contributed by atoms with Crippen molar-refractivity contribution in [2.75, 3.05) is 19.0 Å². The minimum atomic E-state index is 0.459. The highest BCUT2D eigenvalue weighted by atomic mass is 16.5. The molecule has 0 amide bonds. The molecule has 17 heavy (non-hydrogen) atoms. The van der Waals surface area contributed by atoms with E-state index in [4.69, 9.17) is 4.74 Å². The van der Waals surface area contributed by atoms with Crippen LogP contribution in [-0.4, -0.2) is 23.6 Å². The topological polar surface area (TPSA) is 47.0 Å². The van der Waals surface area contributed by atoms with Gasteiger partial charge in [-0.2, -0.15) is 4.98 Å². The number of aryl methyl sites for hydroxylation is 1. The normalized spacial score (nSPS) is 17.0. The highest BCUT2D eigenvalue weighted by molar-refractivity contribution is 5.31. The summed E-state index contributed by atoms with van der Waals surface area (Å²) in [5.41, 5.74) is 1.38. The van der Waals surface area contributed by atoms with E-state index < -0.39 is 0 Å². The molecular formula is C13H21N3O. The monoisotopic (exact) mass is 235 g/mol. The molecule has 0 bridgehead atoms. The van der Waals surface area contributed by atoms with Crippen LogP contribution in [0, 0.1) is 18.3 Å². The van der Waals surface area contributed by atoms with E-state index in [1.807, 2.05) is 13.0 Å². The lowest BCUT2D eigenvalue weighted by Crippen LogP contribution is -2.22. The summed E-state index contributed by atoms with van der Waals surface area (Å²) in [4.78, 5) is 8.67. The molecule has 0 atom stereocenters. The first-order chi connectivity index (χ1) is 8.05. The minimum absolute atomic E-state index is 0.459. The summed E-state index contributed by atoms with van der Waals surface area (Å²) < 4.78 is 5.14. The van der Waals surface area contributed by atoms with Gasteiger partial charge in [-0.05, 0) is 31.1 Å². The molecule has 4 heteroatoms. The molecule has 4 nitrogen and oxygen atoms in total. The van der Waals surface area contributed by atoms with E-state index in [0.29, 0.717) is 23.2 Å². The van der Waals surface area contributed by atoms with E-state index in [-0.39, 0.29) is 0 Å². The molecular weight excluding hydrogens is 214 g/mol. The standard InChI is InChI=1S/C13H21N3O/c1-9(2)13(5-6-13)8-14-12-15-10(3)7-11(16-12)17-4/h7,9H,5-6,8H2,1-4H3,(H,14,15,16). The summed E-state index contributed by atoms with van der Waals surface area (Å²) in [6.45, 7) is 7.47. The number of nitrogens with one attached hydrogen (secondary N) is 1. The van der Waals surface area contributed by atoms with Gasteiger partial charge in [0.05, 0.1) is 7.11 Å². The highest BCUT2D eigenvalue weighted by Gasteiger charge is 2.45. The van der Waals surface area contributed by atoms with Crippen LogP contribution in [0.4, 0.5) is 5.95 Å². The number of rotatable bonds is 5. The second-order valence-corrected chi connectivity index (χ2v) is 5.25. The van der Waals surface area contributed by atoms with Crippen molar-refractivity contribution in [2.45, 2.75) is 33.6 Å². The van der Waals surface area contributed by atoms with E-state index in [2.05, 4.69) is 29.1 Å².